The molecular weight excluding hydrogens is 351 g/mol. The molecule has 1 unspecified atom stereocenters. The summed E-state index contributed by atoms with van der Waals surface area (Å²) in [5.74, 6) is 0.623. The monoisotopic (exact) mass is 364 g/mol. The minimum atomic E-state index is -3.31. The SMILES string of the molecule is O=P1(Nc2nc3ccccc3s2)Oc2ccccc2-c2ccccc21. The molecule has 0 amide bonds. The molecule has 2 heterocycles. The highest BCUT2D eigenvalue weighted by atomic mass is 32.1. The molecular formula is C19H13N2O2PS. The van der Waals surface area contributed by atoms with Gasteiger partial charge in [0.25, 0.3) is 0 Å². The van der Waals surface area contributed by atoms with E-state index in [1.807, 2.05) is 72.8 Å². The van der Waals surface area contributed by atoms with Gasteiger partial charge in [0, 0.05) is 11.1 Å². The highest BCUT2D eigenvalue weighted by Crippen LogP contribution is 2.54. The maximum atomic E-state index is 13.7. The second-order valence-electron chi connectivity index (χ2n) is 5.75. The zero-order chi connectivity index (χ0) is 16.9. The van der Waals surface area contributed by atoms with Gasteiger partial charge in [0.05, 0.1) is 15.5 Å². The number of aromatic nitrogens is 1. The average molecular weight is 364 g/mol. The van der Waals surface area contributed by atoms with Crippen LogP contribution in [0.25, 0.3) is 21.3 Å². The van der Waals surface area contributed by atoms with Crippen LogP contribution in [-0.2, 0) is 4.57 Å². The predicted octanol–water partition coefficient (Wildman–Crippen LogP) is 5.29. The van der Waals surface area contributed by atoms with Crippen LogP contribution >= 0.6 is 18.9 Å². The zero-order valence-corrected chi connectivity index (χ0v) is 14.8. The van der Waals surface area contributed by atoms with Crippen molar-refractivity contribution in [1.82, 2.24) is 4.98 Å². The standard InChI is InChI=1S/C19H13N2O2PS/c22-24(21-19-20-15-9-3-6-12-18(15)25-19)17-11-5-2-8-14(17)13-7-1-4-10-16(13)23-24/h1-12H,(H,20,21,22). The van der Waals surface area contributed by atoms with Crippen LogP contribution in [0.1, 0.15) is 0 Å². The number of benzene rings is 3. The summed E-state index contributed by atoms with van der Waals surface area (Å²) in [7, 11) is -3.31. The summed E-state index contributed by atoms with van der Waals surface area (Å²) in [4.78, 5) is 4.54. The molecule has 5 rings (SSSR count). The van der Waals surface area contributed by atoms with Crippen molar-refractivity contribution in [3.63, 3.8) is 0 Å². The lowest BCUT2D eigenvalue weighted by Crippen LogP contribution is -2.22. The summed E-state index contributed by atoms with van der Waals surface area (Å²) >= 11 is 1.47. The lowest BCUT2D eigenvalue weighted by molar-refractivity contribution is 0.497. The van der Waals surface area contributed by atoms with E-state index in [0.717, 1.165) is 21.3 Å². The van der Waals surface area contributed by atoms with E-state index in [2.05, 4.69) is 10.1 Å². The summed E-state index contributed by atoms with van der Waals surface area (Å²) in [6.07, 6.45) is 0. The summed E-state index contributed by atoms with van der Waals surface area (Å²) in [5, 5.41) is 4.35. The number of rotatable bonds is 2. The van der Waals surface area contributed by atoms with Crippen LogP contribution in [0.4, 0.5) is 5.13 Å². The van der Waals surface area contributed by atoms with Crippen LogP contribution in [-0.4, -0.2) is 4.98 Å². The van der Waals surface area contributed by atoms with E-state index in [9.17, 15) is 4.57 Å². The van der Waals surface area contributed by atoms with Crippen molar-refractivity contribution in [2.24, 2.45) is 0 Å². The number of hydrogen-bond donors (Lipinski definition) is 1. The first kappa shape index (κ1) is 14.7. The van der Waals surface area contributed by atoms with E-state index in [4.69, 9.17) is 4.52 Å². The van der Waals surface area contributed by atoms with Gasteiger partial charge in [0.2, 0.25) is 0 Å². The summed E-state index contributed by atoms with van der Waals surface area (Å²) in [6.45, 7) is 0. The van der Waals surface area contributed by atoms with E-state index < -0.39 is 7.52 Å². The van der Waals surface area contributed by atoms with Crippen LogP contribution < -0.4 is 14.9 Å². The van der Waals surface area contributed by atoms with Crippen molar-refractivity contribution in [2.75, 3.05) is 5.09 Å². The van der Waals surface area contributed by atoms with Gasteiger partial charge in [-0.3, -0.25) is 5.09 Å². The Labute approximate surface area is 148 Å². The number of nitrogens with zero attached hydrogens (tertiary/aromatic N) is 1. The summed E-state index contributed by atoms with van der Waals surface area (Å²) in [5.41, 5.74) is 2.77. The van der Waals surface area contributed by atoms with Gasteiger partial charge >= 0.3 is 7.52 Å². The van der Waals surface area contributed by atoms with Crippen LogP contribution in [0, 0.1) is 0 Å². The van der Waals surface area contributed by atoms with Crippen molar-refractivity contribution in [2.45, 2.75) is 0 Å². The quantitative estimate of drug-likeness (QED) is 0.491. The third-order valence-corrected chi connectivity index (χ3v) is 7.25. The Bertz CT molecular complexity index is 1120. The highest BCUT2D eigenvalue weighted by Gasteiger charge is 2.36. The molecule has 0 saturated heterocycles. The molecule has 0 radical (unpaired) electrons. The van der Waals surface area contributed by atoms with Crippen molar-refractivity contribution in [3.8, 4) is 16.9 Å². The average Bonchev–Trinajstić information content (AvgIpc) is 3.04. The van der Waals surface area contributed by atoms with Crippen LogP contribution in [0.3, 0.4) is 0 Å². The molecule has 1 aliphatic heterocycles. The molecule has 4 nitrogen and oxygen atoms in total. The molecule has 1 aromatic heterocycles. The summed E-state index contributed by atoms with van der Waals surface area (Å²) < 4.78 is 20.7. The van der Waals surface area contributed by atoms with E-state index in [1.165, 1.54) is 11.3 Å². The van der Waals surface area contributed by atoms with Crippen molar-refractivity contribution in [1.29, 1.82) is 0 Å². The first-order valence-electron chi connectivity index (χ1n) is 7.85. The third kappa shape index (κ3) is 2.36. The van der Waals surface area contributed by atoms with Crippen LogP contribution in [0.5, 0.6) is 5.75 Å². The van der Waals surface area contributed by atoms with Gasteiger partial charge in [-0.2, -0.15) is 0 Å². The molecule has 0 saturated carbocycles. The molecule has 1 aliphatic rings. The van der Waals surface area contributed by atoms with E-state index in [-0.39, 0.29) is 0 Å². The van der Waals surface area contributed by atoms with Gasteiger partial charge in [-0.1, -0.05) is 59.9 Å². The minimum absolute atomic E-state index is 0.596. The van der Waals surface area contributed by atoms with Gasteiger partial charge in [-0.05, 0) is 24.3 Å². The predicted molar refractivity (Wildman–Crippen MR) is 103 cm³/mol. The van der Waals surface area contributed by atoms with Gasteiger partial charge < -0.3 is 4.52 Å². The lowest BCUT2D eigenvalue weighted by atomic mass is 10.0. The topological polar surface area (TPSA) is 51.2 Å². The zero-order valence-electron chi connectivity index (χ0n) is 13.0. The van der Waals surface area contributed by atoms with Crippen LogP contribution in [0.2, 0.25) is 0 Å². The van der Waals surface area contributed by atoms with Gasteiger partial charge in [-0.25, -0.2) is 9.55 Å². The molecule has 1 atom stereocenters. The third-order valence-electron chi connectivity index (χ3n) is 4.16. The molecule has 3 aromatic carbocycles. The number of fused-ring (bicyclic) bond motifs is 4. The number of thiazole rings is 1. The molecule has 0 bridgehead atoms. The fraction of sp³-hybridized carbons (Fsp3) is 0. The van der Waals surface area contributed by atoms with E-state index >= 15 is 0 Å². The maximum absolute atomic E-state index is 13.7. The first-order valence-corrected chi connectivity index (χ1v) is 10.3. The Kier molecular flexibility index (Phi) is 3.20. The normalized spacial score (nSPS) is 18.2. The molecule has 0 spiro atoms. The van der Waals surface area contributed by atoms with Crippen molar-refractivity contribution >= 4 is 39.5 Å². The second kappa shape index (κ2) is 5.45. The molecule has 4 aromatic rings. The number of nitrogens with one attached hydrogen (secondary N) is 1. The number of hydrogen-bond acceptors (Lipinski definition) is 4. The Morgan fingerprint density at radius 1 is 0.880 bits per heavy atom. The Balaban J connectivity index is 1.64. The molecule has 1 N–H and O–H groups in total. The smallest absolute Gasteiger partial charge is 0.374 e. The minimum Gasteiger partial charge on any atom is -0.425 e. The highest BCUT2D eigenvalue weighted by molar-refractivity contribution is 7.69. The molecule has 122 valence electrons. The van der Waals surface area contributed by atoms with Crippen molar-refractivity contribution < 1.29 is 9.09 Å². The number of anilines is 1. The lowest BCUT2D eigenvalue weighted by Gasteiger charge is -2.28. The number of para-hydroxylation sites is 2. The van der Waals surface area contributed by atoms with E-state index in [0.29, 0.717) is 16.2 Å². The maximum Gasteiger partial charge on any atom is 0.374 e. The van der Waals surface area contributed by atoms with E-state index in [1.54, 1.807) is 0 Å². The molecule has 6 heteroatoms. The second-order valence-corrected chi connectivity index (χ2v) is 8.78. The fourth-order valence-corrected chi connectivity index (χ4v) is 6.10. The molecule has 0 fully saturated rings. The fourth-order valence-electron chi connectivity index (χ4n) is 3.04. The summed E-state index contributed by atoms with van der Waals surface area (Å²) in [6, 6.07) is 23.2. The van der Waals surface area contributed by atoms with Gasteiger partial charge in [0.15, 0.2) is 5.13 Å². The molecule has 25 heavy (non-hydrogen) atoms. The Morgan fingerprint density at radius 3 is 2.48 bits per heavy atom. The first-order chi connectivity index (χ1) is 12.2. The Hall–Kier alpha value is -2.62. The van der Waals surface area contributed by atoms with Crippen LogP contribution in [0.15, 0.2) is 72.8 Å². The largest absolute Gasteiger partial charge is 0.425 e. The van der Waals surface area contributed by atoms with Crippen molar-refractivity contribution in [3.05, 3.63) is 72.8 Å². The van der Waals surface area contributed by atoms with Gasteiger partial charge in [0.1, 0.15) is 5.75 Å². The Morgan fingerprint density at radius 2 is 1.60 bits per heavy atom. The van der Waals surface area contributed by atoms with Gasteiger partial charge in [-0.15, -0.1) is 0 Å². The molecule has 0 aliphatic carbocycles.